The van der Waals surface area contributed by atoms with E-state index in [2.05, 4.69) is 58.0 Å². The van der Waals surface area contributed by atoms with Crippen molar-refractivity contribution in [2.75, 3.05) is 32.7 Å². The molecule has 0 spiro atoms. The van der Waals surface area contributed by atoms with Gasteiger partial charge in [0.15, 0.2) is 11.0 Å². The summed E-state index contributed by atoms with van der Waals surface area (Å²) >= 11 is 1.58. The Kier molecular flexibility index (Phi) is 5.85. The van der Waals surface area contributed by atoms with Gasteiger partial charge < -0.3 is 4.90 Å². The first-order valence-electron chi connectivity index (χ1n) is 10.4. The number of aryl methyl sites for hydroxylation is 2. The summed E-state index contributed by atoms with van der Waals surface area (Å²) in [5.74, 6) is 0.810. The number of aromatic nitrogens is 3. The Morgan fingerprint density at radius 3 is 2.36 bits per heavy atom. The maximum Gasteiger partial charge on any atom is 0.264 e. The van der Waals surface area contributed by atoms with E-state index in [1.807, 2.05) is 6.92 Å². The topological polar surface area (TPSA) is 54.3 Å². The van der Waals surface area contributed by atoms with Crippen molar-refractivity contribution in [1.29, 1.82) is 0 Å². The summed E-state index contributed by atoms with van der Waals surface area (Å²) in [7, 11) is 0. The smallest absolute Gasteiger partial charge is 0.264 e. The van der Waals surface area contributed by atoms with Crippen LogP contribution < -0.4 is 0 Å². The summed E-state index contributed by atoms with van der Waals surface area (Å²) in [6, 6.07) is 8.85. The summed E-state index contributed by atoms with van der Waals surface area (Å²) in [6.45, 7) is 11.5. The van der Waals surface area contributed by atoms with Gasteiger partial charge in [-0.05, 0) is 24.1 Å². The molecule has 1 fully saturated rings. The zero-order valence-corrected chi connectivity index (χ0v) is 17.8. The molecular weight excluding hydrogens is 370 g/mol. The molecule has 2 aliphatic rings. The largest absolute Gasteiger partial charge is 0.301 e. The third kappa shape index (κ3) is 3.63. The third-order valence-corrected chi connectivity index (χ3v) is 7.07. The van der Waals surface area contributed by atoms with Crippen molar-refractivity contribution in [3.63, 3.8) is 0 Å². The standard InChI is InChI=1S/C21H29N5OS/c1-4-15-7-9-16(10-8-15)18(25-13-11-24(6-3)12-14-25)19-20(27)26-21(28-19)22-17(5-2)23-26/h7-10,18-19H,4-6,11-14H2,1-3H3. The Labute approximate surface area is 171 Å². The summed E-state index contributed by atoms with van der Waals surface area (Å²) in [4.78, 5) is 22.7. The minimum atomic E-state index is -0.193. The van der Waals surface area contributed by atoms with E-state index < -0.39 is 0 Å². The van der Waals surface area contributed by atoms with Crippen molar-refractivity contribution < 1.29 is 4.79 Å². The van der Waals surface area contributed by atoms with Crippen LogP contribution in [0.5, 0.6) is 0 Å². The normalized spacial score (nSPS) is 21.8. The molecule has 4 rings (SSSR count). The van der Waals surface area contributed by atoms with Gasteiger partial charge in [-0.2, -0.15) is 4.68 Å². The number of piperazine rings is 1. The van der Waals surface area contributed by atoms with E-state index in [1.165, 1.54) is 15.8 Å². The molecule has 6 nitrogen and oxygen atoms in total. The van der Waals surface area contributed by atoms with E-state index in [1.54, 1.807) is 11.8 Å². The van der Waals surface area contributed by atoms with Gasteiger partial charge in [-0.15, -0.1) is 5.10 Å². The van der Waals surface area contributed by atoms with Crippen LogP contribution in [0.1, 0.15) is 48.6 Å². The van der Waals surface area contributed by atoms with Crippen LogP contribution in [0.4, 0.5) is 0 Å². The highest BCUT2D eigenvalue weighted by molar-refractivity contribution is 8.00. The lowest BCUT2D eigenvalue weighted by Crippen LogP contribution is -2.50. The van der Waals surface area contributed by atoms with Crippen LogP contribution in [0, 0.1) is 0 Å². The van der Waals surface area contributed by atoms with Gasteiger partial charge in [-0.25, -0.2) is 4.98 Å². The van der Waals surface area contributed by atoms with Crippen LogP contribution in [-0.4, -0.2) is 68.4 Å². The fraction of sp³-hybridized carbons (Fsp3) is 0.571. The molecule has 7 heteroatoms. The summed E-state index contributed by atoms with van der Waals surface area (Å²) in [5, 5.41) is 4.97. The molecule has 2 atom stereocenters. The molecule has 1 aromatic heterocycles. The average molecular weight is 400 g/mol. The second-order valence-electron chi connectivity index (χ2n) is 7.46. The average Bonchev–Trinajstić information content (AvgIpc) is 3.28. The van der Waals surface area contributed by atoms with Gasteiger partial charge >= 0.3 is 0 Å². The number of carbonyl (C=O) groups is 1. The van der Waals surface area contributed by atoms with Crippen LogP contribution in [0.15, 0.2) is 29.4 Å². The van der Waals surface area contributed by atoms with Crippen LogP contribution in [-0.2, 0) is 12.8 Å². The van der Waals surface area contributed by atoms with Gasteiger partial charge in [0.05, 0.1) is 6.04 Å². The first-order chi connectivity index (χ1) is 13.6. The highest BCUT2D eigenvalue weighted by Gasteiger charge is 2.43. The summed E-state index contributed by atoms with van der Waals surface area (Å²) in [5.41, 5.74) is 2.54. The maximum atomic E-state index is 13.2. The SMILES string of the molecule is CCc1ccc(C(C2Sc3nc(CC)nn3C2=O)N2CCN(CC)CC2)cc1. The molecule has 2 aromatic rings. The van der Waals surface area contributed by atoms with E-state index in [4.69, 9.17) is 0 Å². The monoisotopic (exact) mass is 399 g/mol. The van der Waals surface area contributed by atoms with Crippen LogP contribution >= 0.6 is 11.8 Å². The molecule has 1 saturated heterocycles. The van der Waals surface area contributed by atoms with Gasteiger partial charge in [0, 0.05) is 32.6 Å². The van der Waals surface area contributed by atoms with Crippen molar-refractivity contribution in [3.05, 3.63) is 41.2 Å². The van der Waals surface area contributed by atoms with Crippen molar-refractivity contribution in [2.24, 2.45) is 0 Å². The minimum absolute atomic E-state index is 0.0518. The molecule has 2 aliphatic heterocycles. The number of benzene rings is 1. The minimum Gasteiger partial charge on any atom is -0.301 e. The molecule has 0 N–H and O–H groups in total. The Bertz CT molecular complexity index is 826. The first kappa shape index (κ1) is 19.6. The van der Waals surface area contributed by atoms with E-state index in [0.29, 0.717) is 0 Å². The highest BCUT2D eigenvalue weighted by Crippen LogP contribution is 2.41. The summed E-state index contributed by atoms with van der Waals surface area (Å²) in [6.07, 6.45) is 1.77. The molecule has 3 heterocycles. The highest BCUT2D eigenvalue weighted by atomic mass is 32.2. The van der Waals surface area contributed by atoms with Crippen LogP contribution in [0.3, 0.4) is 0 Å². The van der Waals surface area contributed by atoms with Gasteiger partial charge in [0.1, 0.15) is 5.25 Å². The van der Waals surface area contributed by atoms with Crippen molar-refractivity contribution in [3.8, 4) is 0 Å². The first-order valence-corrected chi connectivity index (χ1v) is 11.2. The quantitative estimate of drug-likeness (QED) is 0.745. The molecule has 0 aliphatic carbocycles. The molecule has 1 aromatic carbocycles. The molecule has 0 amide bonds. The molecule has 0 saturated carbocycles. The zero-order chi connectivity index (χ0) is 19.7. The predicted molar refractivity (Wildman–Crippen MR) is 112 cm³/mol. The Morgan fingerprint density at radius 1 is 1.07 bits per heavy atom. The van der Waals surface area contributed by atoms with Crippen molar-refractivity contribution in [2.45, 2.75) is 50.1 Å². The number of rotatable bonds is 6. The van der Waals surface area contributed by atoms with Gasteiger partial charge in [0.2, 0.25) is 0 Å². The van der Waals surface area contributed by atoms with E-state index >= 15 is 0 Å². The Morgan fingerprint density at radius 2 is 1.79 bits per heavy atom. The molecule has 0 radical (unpaired) electrons. The molecular formula is C21H29N5OS. The fourth-order valence-electron chi connectivity index (χ4n) is 4.08. The van der Waals surface area contributed by atoms with Crippen LogP contribution in [0.2, 0.25) is 0 Å². The summed E-state index contributed by atoms with van der Waals surface area (Å²) < 4.78 is 1.53. The van der Waals surface area contributed by atoms with E-state index in [0.717, 1.165) is 56.5 Å². The van der Waals surface area contributed by atoms with E-state index in [9.17, 15) is 4.79 Å². The van der Waals surface area contributed by atoms with Gasteiger partial charge in [0.25, 0.3) is 5.91 Å². The number of hydrogen-bond donors (Lipinski definition) is 0. The number of nitrogens with zero attached hydrogens (tertiary/aromatic N) is 5. The van der Waals surface area contributed by atoms with Gasteiger partial charge in [-0.1, -0.05) is 56.8 Å². The maximum absolute atomic E-state index is 13.2. The lowest BCUT2D eigenvalue weighted by Gasteiger charge is -2.40. The number of hydrogen-bond acceptors (Lipinski definition) is 6. The lowest BCUT2D eigenvalue weighted by atomic mass is 9.98. The number of likely N-dealkylation sites (N-methyl/N-ethyl adjacent to an activating group) is 1. The molecule has 28 heavy (non-hydrogen) atoms. The number of carbonyl (C=O) groups excluding carboxylic acids is 1. The number of thioether (sulfide) groups is 1. The Balaban J connectivity index is 1.63. The van der Waals surface area contributed by atoms with Crippen molar-refractivity contribution >= 4 is 17.7 Å². The lowest BCUT2D eigenvalue weighted by molar-refractivity contribution is 0.0739. The molecule has 2 unspecified atom stereocenters. The van der Waals surface area contributed by atoms with E-state index in [-0.39, 0.29) is 17.2 Å². The zero-order valence-electron chi connectivity index (χ0n) is 17.0. The Hall–Kier alpha value is -1.70. The molecule has 150 valence electrons. The predicted octanol–water partition coefficient (Wildman–Crippen LogP) is 2.90. The second-order valence-corrected chi connectivity index (χ2v) is 8.57. The third-order valence-electron chi connectivity index (χ3n) is 5.89. The number of fused-ring (bicyclic) bond motifs is 1. The molecule has 0 bridgehead atoms. The fourth-order valence-corrected chi connectivity index (χ4v) is 5.35. The van der Waals surface area contributed by atoms with Crippen LogP contribution in [0.25, 0.3) is 0 Å². The second kappa shape index (κ2) is 8.35. The van der Waals surface area contributed by atoms with Gasteiger partial charge in [-0.3, -0.25) is 9.69 Å². The van der Waals surface area contributed by atoms with Crippen molar-refractivity contribution in [1.82, 2.24) is 24.6 Å².